The Hall–Kier alpha value is -1.02. The van der Waals surface area contributed by atoms with Crippen LogP contribution in [0.2, 0.25) is 0 Å². The van der Waals surface area contributed by atoms with Gasteiger partial charge in [0.2, 0.25) is 0 Å². The number of piperidine rings is 1. The SMILES string of the molecule is Cc1cccc2c1CCC1CCC(CN)CN21. The zero-order valence-electron chi connectivity index (χ0n) is 10.7. The Labute approximate surface area is 104 Å². The molecule has 0 aliphatic carbocycles. The second kappa shape index (κ2) is 4.34. The molecule has 2 nitrogen and oxygen atoms in total. The summed E-state index contributed by atoms with van der Waals surface area (Å²) in [7, 11) is 0. The predicted molar refractivity (Wildman–Crippen MR) is 72.4 cm³/mol. The number of nitrogens with zero attached hydrogens (tertiary/aromatic N) is 1. The van der Waals surface area contributed by atoms with Crippen molar-refractivity contribution >= 4 is 5.69 Å². The molecular formula is C15H22N2. The molecule has 0 amide bonds. The quantitative estimate of drug-likeness (QED) is 0.803. The largest absolute Gasteiger partial charge is 0.368 e. The molecule has 1 aromatic rings. The summed E-state index contributed by atoms with van der Waals surface area (Å²) in [6, 6.07) is 7.51. The summed E-state index contributed by atoms with van der Waals surface area (Å²) in [5, 5.41) is 0. The average Bonchev–Trinajstić information content (AvgIpc) is 2.38. The molecule has 1 fully saturated rings. The zero-order chi connectivity index (χ0) is 11.8. The van der Waals surface area contributed by atoms with Gasteiger partial charge in [-0.25, -0.2) is 0 Å². The van der Waals surface area contributed by atoms with Crippen LogP contribution < -0.4 is 10.6 Å². The van der Waals surface area contributed by atoms with Crippen LogP contribution in [0, 0.1) is 12.8 Å². The maximum Gasteiger partial charge on any atom is 0.0404 e. The molecule has 2 unspecified atom stereocenters. The van der Waals surface area contributed by atoms with Gasteiger partial charge in [-0.05, 0) is 62.3 Å². The number of fused-ring (bicyclic) bond motifs is 3. The van der Waals surface area contributed by atoms with Crippen LogP contribution in [0.4, 0.5) is 5.69 Å². The number of anilines is 1. The minimum absolute atomic E-state index is 0.692. The van der Waals surface area contributed by atoms with E-state index in [1.54, 1.807) is 5.56 Å². The Balaban J connectivity index is 1.95. The Morgan fingerprint density at radius 2 is 2.18 bits per heavy atom. The van der Waals surface area contributed by atoms with E-state index in [1.807, 2.05) is 0 Å². The van der Waals surface area contributed by atoms with Gasteiger partial charge in [-0.2, -0.15) is 0 Å². The van der Waals surface area contributed by atoms with Crippen molar-refractivity contribution in [2.24, 2.45) is 11.7 Å². The third kappa shape index (κ3) is 1.85. The van der Waals surface area contributed by atoms with E-state index < -0.39 is 0 Å². The van der Waals surface area contributed by atoms with Crippen LogP contribution in [0.5, 0.6) is 0 Å². The monoisotopic (exact) mass is 230 g/mol. The highest BCUT2D eigenvalue weighted by molar-refractivity contribution is 5.59. The van der Waals surface area contributed by atoms with Crippen LogP contribution in [0.25, 0.3) is 0 Å². The molecule has 3 rings (SSSR count). The van der Waals surface area contributed by atoms with Gasteiger partial charge >= 0.3 is 0 Å². The highest BCUT2D eigenvalue weighted by Gasteiger charge is 2.32. The fourth-order valence-electron chi connectivity index (χ4n) is 3.48. The minimum Gasteiger partial charge on any atom is -0.368 e. The lowest BCUT2D eigenvalue weighted by Crippen LogP contribution is -2.47. The summed E-state index contributed by atoms with van der Waals surface area (Å²) in [5.74, 6) is 0.692. The first-order valence-electron chi connectivity index (χ1n) is 6.85. The van der Waals surface area contributed by atoms with Gasteiger partial charge in [-0.15, -0.1) is 0 Å². The summed E-state index contributed by atoms with van der Waals surface area (Å²) < 4.78 is 0. The van der Waals surface area contributed by atoms with Crippen molar-refractivity contribution in [2.75, 3.05) is 18.0 Å². The second-order valence-corrected chi connectivity index (χ2v) is 5.60. The van der Waals surface area contributed by atoms with Crippen LogP contribution in [0.3, 0.4) is 0 Å². The average molecular weight is 230 g/mol. The molecule has 2 atom stereocenters. The van der Waals surface area contributed by atoms with Crippen molar-refractivity contribution in [1.29, 1.82) is 0 Å². The third-order valence-corrected chi connectivity index (χ3v) is 4.56. The lowest BCUT2D eigenvalue weighted by molar-refractivity contribution is 0.341. The van der Waals surface area contributed by atoms with E-state index in [4.69, 9.17) is 5.73 Å². The Bertz CT molecular complexity index is 413. The van der Waals surface area contributed by atoms with Gasteiger partial charge in [0.05, 0.1) is 0 Å². The Kier molecular flexibility index (Phi) is 2.83. The van der Waals surface area contributed by atoms with Gasteiger partial charge in [0.1, 0.15) is 0 Å². The highest BCUT2D eigenvalue weighted by atomic mass is 15.2. The molecule has 92 valence electrons. The summed E-state index contributed by atoms with van der Waals surface area (Å²) >= 11 is 0. The van der Waals surface area contributed by atoms with Gasteiger partial charge < -0.3 is 10.6 Å². The van der Waals surface area contributed by atoms with E-state index >= 15 is 0 Å². The number of hydrogen-bond acceptors (Lipinski definition) is 2. The van der Waals surface area contributed by atoms with Crippen molar-refractivity contribution in [1.82, 2.24) is 0 Å². The molecule has 2 aliphatic heterocycles. The summed E-state index contributed by atoms with van der Waals surface area (Å²) in [5.41, 5.74) is 10.4. The molecule has 2 N–H and O–H groups in total. The third-order valence-electron chi connectivity index (χ3n) is 4.56. The number of benzene rings is 1. The molecular weight excluding hydrogens is 208 g/mol. The summed E-state index contributed by atoms with van der Waals surface area (Å²) in [4.78, 5) is 2.63. The van der Waals surface area contributed by atoms with E-state index in [1.165, 1.54) is 36.9 Å². The predicted octanol–water partition coefficient (Wildman–Crippen LogP) is 2.48. The van der Waals surface area contributed by atoms with Gasteiger partial charge in [0.25, 0.3) is 0 Å². The molecule has 0 saturated carbocycles. The van der Waals surface area contributed by atoms with E-state index in [2.05, 4.69) is 30.0 Å². The molecule has 1 aromatic carbocycles. The maximum absolute atomic E-state index is 5.85. The number of rotatable bonds is 1. The molecule has 2 heterocycles. The standard InChI is InChI=1S/C15H22N2/c1-11-3-2-4-15-14(11)8-7-13-6-5-12(9-16)10-17(13)15/h2-4,12-13H,5-10,16H2,1H3. The van der Waals surface area contributed by atoms with Crippen molar-refractivity contribution in [2.45, 2.75) is 38.6 Å². The first kappa shape index (κ1) is 11.1. The van der Waals surface area contributed by atoms with Crippen LogP contribution in [0.1, 0.15) is 30.4 Å². The molecule has 2 heteroatoms. The van der Waals surface area contributed by atoms with E-state index in [9.17, 15) is 0 Å². The zero-order valence-corrected chi connectivity index (χ0v) is 10.7. The fraction of sp³-hybridized carbons (Fsp3) is 0.600. The molecule has 0 aromatic heterocycles. The minimum atomic E-state index is 0.692. The van der Waals surface area contributed by atoms with Crippen molar-refractivity contribution < 1.29 is 0 Å². The normalized spacial score (nSPS) is 27.5. The topological polar surface area (TPSA) is 29.3 Å². The Morgan fingerprint density at radius 3 is 3.00 bits per heavy atom. The Morgan fingerprint density at radius 1 is 1.29 bits per heavy atom. The first-order valence-corrected chi connectivity index (χ1v) is 6.85. The maximum atomic E-state index is 5.85. The second-order valence-electron chi connectivity index (χ2n) is 5.60. The lowest BCUT2D eigenvalue weighted by atomic mass is 9.84. The van der Waals surface area contributed by atoms with Crippen molar-refractivity contribution in [3.8, 4) is 0 Å². The number of nitrogens with two attached hydrogens (primary N) is 1. The molecule has 0 bridgehead atoms. The van der Waals surface area contributed by atoms with Gasteiger partial charge in [0, 0.05) is 18.3 Å². The number of hydrogen-bond donors (Lipinski definition) is 1. The van der Waals surface area contributed by atoms with Crippen LogP contribution in [0.15, 0.2) is 18.2 Å². The smallest absolute Gasteiger partial charge is 0.0404 e. The van der Waals surface area contributed by atoms with Crippen LogP contribution >= 0.6 is 0 Å². The number of aryl methyl sites for hydroxylation is 1. The van der Waals surface area contributed by atoms with Crippen molar-refractivity contribution in [3.63, 3.8) is 0 Å². The highest BCUT2D eigenvalue weighted by Crippen LogP contribution is 2.37. The van der Waals surface area contributed by atoms with Crippen LogP contribution in [-0.4, -0.2) is 19.1 Å². The fourth-order valence-corrected chi connectivity index (χ4v) is 3.48. The summed E-state index contributed by atoms with van der Waals surface area (Å²) in [6.45, 7) is 4.24. The first-order chi connectivity index (χ1) is 8.29. The van der Waals surface area contributed by atoms with E-state index in [0.29, 0.717) is 5.92 Å². The lowest BCUT2D eigenvalue weighted by Gasteiger charge is -2.45. The van der Waals surface area contributed by atoms with Gasteiger partial charge in [-0.1, -0.05) is 12.1 Å². The molecule has 17 heavy (non-hydrogen) atoms. The molecule has 0 radical (unpaired) electrons. The van der Waals surface area contributed by atoms with Gasteiger partial charge in [0.15, 0.2) is 0 Å². The summed E-state index contributed by atoms with van der Waals surface area (Å²) in [6.07, 6.45) is 5.24. The molecule has 0 spiro atoms. The molecule has 2 aliphatic rings. The van der Waals surface area contributed by atoms with E-state index in [-0.39, 0.29) is 0 Å². The van der Waals surface area contributed by atoms with Crippen molar-refractivity contribution in [3.05, 3.63) is 29.3 Å². The van der Waals surface area contributed by atoms with E-state index in [0.717, 1.165) is 19.1 Å². The van der Waals surface area contributed by atoms with Gasteiger partial charge in [-0.3, -0.25) is 0 Å². The molecule has 1 saturated heterocycles. The van der Waals surface area contributed by atoms with Crippen LogP contribution in [-0.2, 0) is 6.42 Å².